The van der Waals surface area contributed by atoms with Crippen molar-refractivity contribution in [2.24, 2.45) is 16.6 Å². The summed E-state index contributed by atoms with van der Waals surface area (Å²) in [5.41, 5.74) is 5.63. The molecule has 0 saturated carbocycles. The molecular formula is C13H27NO. The molecule has 2 nitrogen and oxygen atoms in total. The highest BCUT2D eigenvalue weighted by Gasteiger charge is 2.40. The van der Waals surface area contributed by atoms with E-state index in [0.717, 1.165) is 6.42 Å². The molecule has 0 heterocycles. The second-order valence-corrected chi connectivity index (χ2v) is 6.12. The molecule has 0 bridgehead atoms. The van der Waals surface area contributed by atoms with Gasteiger partial charge in [-0.25, -0.2) is 0 Å². The molecule has 0 aliphatic rings. The van der Waals surface area contributed by atoms with Gasteiger partial charge in [-0.3, -0.25) is 0 Å². The van der Waals surface area contributed by atoms with Crippen molar-refractivity contribution in [1.82, 2.24) is 0 Å². The normalized spacial score (nSPS) is 18.1. The molecule has 1 atom stereocenters. The van der Waals surface area contributed by atoms with Gasteiger partial charge in [0.15, 0.2) is 0 Å². The summed E-state index contributed by atoms with van der Waals surface area (Å²) in [5, 5.41) is 9.56. The fraction of sp³-hybridized carbons (Fsp3) is 0.846. The van der Waals surface area contributed by atoms with Crippen molar-refractivity contribution in [1.29, 1.82) is 0 Å². The van der Waals surface area contributed by atoms with Crippen LogP contribution in [0.3, 0.4) is 0 Å². The molecule has 90 valence electrons. The third-order valence-electron chi connectivity index (χ3n) is 3.31. The van der Waals surface area contributed by atoms with Gasteiger partial charge in [-0.1, -0.05) is 32.9 Å². The van der Waals surface area contributed by atoms with E-state index in [1.807, 2.05) is 26.8 Å². The van der Waals surface area contributed by atoms with Gasteiger partial charge in [0.2, 0.25) is 0 Å². The third kappa shape index (κ3) is 3.96. The molecule has 0 aliphatic carbocycles. The van der Waals surface area contributed by atoms with Crippen LogP contribution in [0.15, 0.2) is 12.2 Å². The fourth-order valence-corrected chi connectivity index (χ4v) is 2.20. The zero-order chi connectivity index (χ0) is 12.3. The van der Waals surface area contributed by atoms with E-state index in [4.69, 9.17) is 5.73 Å². The molecule has 0 aromatic rings. The van der Waals surface area contributed by atoms with Crippen LogP contribution < -0.4 is 5.73 Å². The summed E-state index contributed by atoms with van der Waals surface area (Å²) in [7, 11) is 0. The average molecular weight is 213 g/mol. The number of aliphatic hydroxyl groups excluding tert-OH is 1. The third-order valence-corrected chi connectivity index (χ3v) is 3.31. The zero-order valence-electron chi connectivity index (χ0n) is 11.1. The number of hydrogen-bond acceptors (Lipinski definition) is 2. The van der Waals surface area contributed by atoms with Crippen molar-refractivity contribution in [3.8, 4) is 0 Å². The van der Waals surface area contributed by atoms with E-state index in [0.29, 0.717) is 0 Å². The average Bonchev–Trinajstić information content (AvgIpc) is 1.99. The zero-order valence-corrected chi connectivity index (χ0v) is 11.1. The van der Waals surface area contributed by atoms with Crippen LogP contribution in [0.25, 0.3) is 0 Å². The number of hydrogen-bond donors (Lipinski definition) is 2. The minimum absolute atomic E-state index is 0.0213. The smallest absolute Gasteiger partial charge is 0.0524 e. The molecule has 0 spiro atoms. The van der Waals surface area contributed by atoms with Crippen LogP contribution in [0, 0.1) is 10.8 Å². The maximum absolute atomic E-state index is 9.56. The van der Waals surface area contributed by atoms with Crippen LogP contribution in [0.2, 0.25) is 0 Å². The summed E-state index contributed by atoms with van der Waals surface area (Å²) in [4.78, 5) is 0. The Kier molecular flexibility index (Phi) is 4.56. The van der Waals surface area contributed by atoms with Crippen LogP contribution in [0.4, 0.5) is 0 Å². The van der Waals surface area contributed by atoms with Gasteiger partial charge in [-0.05, 0) is 32.6 Å². The molecule has 0 rings (SSSR count). The van der Waals surface area contributed by atoms with Gasteiger partial charge in [-0.2, -0.15) is 0 Å². The van der Waals surface area contributed by atoms with Crippen LogP contribution >= 0.6 is 0 Å². The van der Waals surface area contributed by atoms with Crippen molar-refractivity contribution in [2.45, 2.75) is 53.5 Å². The monoisotopic (exact) mass is 213 g/mol. The van der Waals surface area contributed by atoms with Gasteiger partial charge >= 0.3 is 0 Å². The van der Waals surface area contributed by atoms with Gasteiger partial charge < -0.3 is 10.8 Å². The van der Waals surface area contributed by atoms with Gasteiger partial charge in [0.1, 0.15) is 0 Å². The molecule has 0 fully saturated rings. The van der Waals surface area contributed by atoms with E-state index in [2.05, 4.69) is 26.8 Å². The molecular weight excluding hydrogens is 186 g/mol. The Labute approximate surface area is 94.6 Å². The lowest BCUT2D eigenvalue weighted by molar-refractivity contribution is 0.0420. The predicted octanol–water partition coefficient (Wildman–Crippen LogP) is 2.71. The van der Waals surface area contributed by atoms with Crippen LogP contribution in [-0.4, -0.2) is 17.3 Å². The van der Waals surface area contributed by atoms with Crippen LogP contribution in [-0.2, 0) is 0 Å². The summed E-state index contributed by atoms with van der Waals surface area (Å²) >= 11 is 0. The Morgan fingerprint density at radius 2 is 1.60 bits per heavy atom. The van der Waals surface area contributed by atoms with E-state index in [9.17, 15) is 5.11 Å². The summed E-state index contributed by atoms with van der Waals surface area (Å²) in [6, 6.07) is 0. The topological polar surface area (TPSA) is 46.2 Å². The van der Waals surface area contributed by atoms with Crippen molar-refractivity contribution in [3.05, 3.63) is 12.2 Å². The summed E-state index contributed by atoms with van der Waals surface area (Å²) in [6.07, 6.45) is 4.96. The highest BCUT2D eigenvalue weighted by atomic mass is 16.3. The molecule has 0 aromatic heterocycles. The van der Waals surface area contributed by atoms with Gasteiger partial charge in [0, 0.05) is 11.0 Å². The molecule has 0 aliphatic heterocycles. The van der Waals surface area contributed by atoms with Crippen LogP contribution in [0.5, 0.6) is 0 Å². The Balaban J connectivity index is 4.97. The molecule has 0 amide bonds. The van der Waals surface area contributed by atoms with Gasteiger partial charge in [-0.15, -0.1) is 0 Å². The first-order chi connectivity index (χ1) is 6.58. The Morgan fingerprint density at radius 3 is 1.87 bits per heavy atom. The number of aliphatic hydroxyl groups is 1. The molecule has 0 saturated heterocycles. The Hall–Kier alpha value is -0.340. The van der Waals surface area contributed by atoms with Gasteiger partial charge in [0.25, 0.3) is 0 Å². The maximum Gasteiger partial charge on any atom is 0.0524 e. The molecule has 0 aromatic carbocycles. The van der Waals surface area contributed by atoms with E-state index < -0.39 is 0 Å². The van der Waals surface area contributed by atoms with E-state index in [1.165, 1.54) is 0 Å². The van der Waals surface area contributed by atoms with Crippen molar-refractivity contribution in [3.63, 3.8) is 0 Å². The number of allylic oxidation sites excluding steroid dienone is 1. The largest absolute Gasteiger partial charge is 0.395 e. The quantitative estimate of drug-likeness (QED) is 0.690. The fourth-order valence-electron chi connectivity index (χ4n) is 2.20. The highest BCUT2D eigenvalue weighted by molar-refractivity contribution is 5.05. The standard InChI is InChI=1S/C13H27NO/c1-7-8-13(6,10-15)11(2,3)9-12(4,5)14/h7-8,15H,9-10,14H2,1-6H3. The second-order valence-electron chi connectivity index (χ2n) is 6.12. The number of rotatable bonds is 5. The first-order valence-corrected chi connectivity index (χ1v) is 5.61. The lowest BCUT2D eigenvalue weighted by Crippen LogP contribution is -2.45. The van der Waals surface area contributed by atoms with Crippen LogP contribution in [0.1, 0.15) is 48.0 Å². The first-order valence-electron chi connectivity index (χ1n) is 5.61. The van der Waals surface area contributed by atoms with Crippen molar-refractivity contribution < 1.29 is 5.11 Å². The predicted molar refractivity (Wildman–Crippen MR) is 66.7 cm³/mol. The molecule has 0 radical (unpaired) electrons. The van der Waals surface area contributed by atoms with E-state index >= 15 is 0 Å². The lowest BCUT2D eigenvalue weighted by Gasteiger charge is -2.44. The minimum atomic E-state index is -0.210. The molecule has 2 heteroatoms. The van der Waals surface area contributed by atoms with Crippen molar-refractivity contribution in [2.75, 3.05) is 6.61 Å². The second kappa shape index (κ2) is 4.67. The lowest BCUT2D eigenvalue weighted by atomic mass is 9.62. The SMILES string of the molecule is CC=CC(C)(CO)C(C)(C)CC(C)(C)N. The van der Waals surface area contributed by atoms with Crippen molar-refractivity contribution >= 4 is 0 Å². The minimum Gasteiger partial charge on any atom is -0.395 e. The highest BCUT2D eigenvalue weighted by Crippen LogP contribution is 2.44. The Morgan fingerprint density at radius 1 is 1.13 bits per heavy atom. The van der Waals surface area contributed by atoms with Gasteiger partial charge in [0.05, 0.1) is 6.61 Å². The summed E-state index contributed by atoms with van der Waals surface area (Å²) in [6.45, 7) is 12.6. The maximum atomic E-state index is 9.56. The van der Waals surface area contributed by atoms with E-state index in [-0.39, 0.29) is 23.0 Å². The first kappa shape index (κ1) is 14.7. The Bertz CT molecular complexity index is 225. The summed E-state index contributed by atoms with van der Waals surface area (Å²) < 4.78 is 0. The molecule has 1 unspecified atom stereocenters. The molecule has 3 N–H and O–H groups in total. The molecule has 15 heavy (non-hydrogen) atoms. The number of nitrogens with two attached hydrogens (primary N) is 1. The summed E-state index contributed by atoms with van der Waals surface area (Å²) in [5.74, 6) is 0. The van der Waals surface area contributed by atoms with E-state index in [1.54, 1.807) is 0 Å².